The summed E-state index contributed by atoms with van der Waals surface area (Å²) in [5.74, 6) is 0.927. The van der Waals surface area contributed by atoms with Crippen molar-refractivity contribution in [2.45, 2.75) is 25.9 Å². The first kappa shape index (κ1) is 14.3. The highest BCUT2D eigenvalue weighted by Gasteiger charge is 2.18. The molecule has 4 heteroatoms. The third kappa shape index (κ3) is 2.74. The SMILES string of the molecule is CCCn1c(C(N)c2ccccc2)nc2cc(Br)ccc21. The fraction of sp³-hybridized carbons (Fsp3) is 0.235. The zero-order chi connectivity index (χ0) is 14.8. The number of fused-ring (bicyclic) bond motifs is 1. The maximum Gasteiger partial charge on any atom is 0.131 e. The fourth-order valence-electron chi connectivity index (χ4n) is 2.63. The summed E-state index contributed by atoms with van der Waals surface area (Å²) in [6.45, 7) is 3.09. The lowest BCUT2D eigenvalue weighted by atomic mass is 10.1. The number of benzene rings is 2. The molecular formula is C17H18BrN3. The lowest BCUT2D eigenvalue weighted by molar-refractivity contribution is 0.627. The molecule has 1 heterocycles. The Kier molecular flexibility index (Phi) is 4.08. The van der Waals surface area contributed by atoms with Gasteiger partial charge in [0.25, 0.3) is 0 Å². The van der Waals surface area contributed by atoms with Gasteiger partial charge in [0.1, 0.15) is 5.82 Å². The summed E-state index contributed by atoms with van der Waals surface area (Å²) in [6, 6.07) is 16.1. The van der Waals surface area contributed by atoms with Gasteiger partial charge in [0.05, 0.1) is 17.1 Å². The van der Waals surface area contributed by atoms with Crippen molar-refractivity contribution in [3.05, 3.63) is 64.4 Å². The van der Waals surface area contributed by atoms with Crippen LogP contribution in [0.1, 0.15) is 30.8 Å². The Labute approximate surface area is 132 Å². The Balaban J connectivity index is 2.14. The zero-order valence-electron chi connectivity index (χ0n) is 12.0. The van der Waals surface area contributed by atoms with Crippen LogP contribution in [0.3, 0.4) is 0 Å². The maximum atomic E-state index is 6.45. The molecule has 0 bridgehead atoms. The Bertz CT molecular complexity index is 749. The molecule has 0 aliphatic carbocycles. The minimum absolute atomic E-state index is 0.205. The normalized spacial score (nSPS) is 12.7. The van der Waals surface area contributed by atoms with E-state index in [1.54, 1.807) is 0 Å². The van der Waals surface area contributed by atoms with Crippen LogP contribution in [0.15, 0.2) is 53.0 Å². The summed E-state index contributed by atoms with van der Waals surface area (Å²) in [6.07, 6.45) is 1.05. The number of imidazole rings is 1. The van der Waals surface area contributed by atoms with Crippen LogP contribution in [0, 0.1) is 0 Å². The van der Waals surface area contributed by atoms with Gasteiger partial charge in [0, 0.05) is 11.0 Å². The van der Waals surface area contributed by atoms with Crippen molar-refractivity contribution in [2.24, 2.45) is 5.73 Å². The molecule has 0 fully saturated rings. The van der Waals surface area contributed by atoms with E-state index in [2.05, 4.69) is 45.6 Å². The van der Waals surface area contributed by atoms with Gasteiger partial charge in [-0.05, 0) is 30.2 Å². The summed E-state index contributed by atoms with van der Waals surface area (Å²) in [5.41, 5.74) is 9.67. The van der Waals surface area contributed by atoms with Gasteiger partial charge in [-0.3, -0.25) is 0 Å². The first-order valence-corrected chi connectivity index (χ1v) is 7.96. The molecule has 3 rings (SSSR count). The quantitative estimate of drug-likeness (QED) is 0.769. The van der Waals surface area contributed by atoms with Crippen molar-refractivity contribution in [3.63, 3.8) is 0 Å². The van der Waals surface area contributed by atoms with Gasteiger partial charge in [-0.25, -0.2) is 4.98 Å². The van der Waals surface area contributed by atoms with E-state index < -0.39 is 0 Å². The minimum atomic E-state index is -0.205. The van der Waals surface area contributed by atoms with Crippen molar-refractivity contribution in [1.82, 2.24) is 9.55 Å². The second-order valence-corrected chi connectivity index (χ2v) is 6.06. The molecule has 0 amide bonds. The molecule has 0 saturated carbocycles. The van der Waals surface area contributed by atoms with Gasteiger partial charge in [-0.2, -0.15) is 0 Å². The number of nitrogens with zero attached hydrogens (tertiary/aromatic N) is 2. The van der Waals surface area contributed by atoms with E-state index in [9.17, 15) is 0 Å². The highest BCUT2D eigenvalue weighted by atomic mass is 79.9. The van der Waals surface area contributed by atoms with Crippen LogP contribution in [-0.4, -0.2) is 9.55 Å². The van der Waals surface area contributed by atoms with Crippen molar-refractivity contribution < 1.29 is 0 Å². The summed E-state index contributed by atoms with van der Waals surface area (Å²) in [4.78, 5) is 4.78. The van der Waals surface area contributed by atoms with Gasteiger partial charge >= 0.3 is 0 Å². The number of rotatable bonds is 4. The van der Waals surface area contributed by atoms with Gasteiger partial charge < -0.3 is 10.3 Å². The molecule has 3 nitrogen and oxygen atoms in total. The van der Waals surface area contributed by atoms with Crippen molar-refractivity contribution >= 4 is 27.0 Å². The van der Waals surface area contributed by atoms with E-state index in [0.29, 0.717) is 0 Å². The highest BCUT2D eigenvalue weighted by Crippen LogP contribution is 2.26. The number of nitrogens with two attached hydrogens (primary N) is 1. The lowest BCUT2D eigenvalue weighted by Crippen LogP contribution is -2.18. The topological polar surface area (TPSA) is 43.8 Å². The average Bonchev–Trinajstić information content (AvgIpc) is 2.85. The first-order chi connectivity index (χ1) is 10.2. The average molecular weight is 344 g/mol. The van der Waals surface area contributed by atoms with E-state index in [0.717, 1.165) is 39.9 Å². The maximum absolute atomic E-state index is 6.45. The monoisotopic (exact) mass is 343 g/mol. The largest absolute Gasteiger partial charge is 0.326 e. The molecule has 21 heavy (non-hydrogen) atoms. The Morgan fingerprint density at radius 2 is 1.95 bits per heavy atom. The van der Waals surface area contributed by atoms with E-state index in [-0.39, 0.29) is 6.04 Å². The number of aryl methyl sites for hydroxylation is 1. The predicted molar refractivity (Wildman–Crippen MR) is 90.2 cm³/mol. The summed E-state index contributed by atoms with van der Waals surface area (Å²) >= 11 is 3.51. The second kappa shape index (κ2) is 6.00. The Hall–Kier alpha value is -1.65. The number of hydrogen-bond acceptors (Lipinski definition) is 2. The van der Waals surface area contributed by atoms with Crippen LogP contribution in [0.4, 0.5) is 0 Å². The van der Waals surface area contributed by atoms with E-state index >= 15 is 0 Å². The van der Waals surface area contributed by atoms with Gasteiger partial charge in [0.2, 0.25) is 0 Å². The molecular weight excluding hydrogens is 326 g/mol. The van der Waals surface area contributed by atoms with Gasteiger partial charge in [-0.1, -0.05) is 53.2 Å². The fourth-order valence-corrected chi connectivity index (χ4v) is 2.98. The van der Waals surface area contributed by atoms with Crippen molar-refractivity contribution in [2.75, 3.05) is 0 Å². The number of aromatic nitrogens is 2. The van der Waals surface area contributed by atoms with Crippen LogP contribution in [0.2, 0.25) is 0 Å². The predicted octanol–water partition coefficient (Wildman–Crippen LogP) is 4.26. The van der Waals surface area contributed by atoms with Gasteiger partial charge in [-0.15, -0.1) is 0 Å². The molecule has 0 saturated heterocycles. The van der Waals surface area contributed by atoms with Crippen LogP contribution in [-0.2, 0) is 6.54 Å². The van der Waals surface area contributed by atoms with Crippen molar-refractivity contribution in [3.8, 4) is 0 Å². The number of hydrogen-bond donors (Lipinski definition) is 1. The molecule has 0 aliphatic rings. The minimum Gasteiger partial charge on any atom is -0.326 e. The Morgan fingerprint density at radius 3 is 2.67 bits per heavy atom. The standard InChI is InChI=1S/C17H18BrN3/c1-2-10-21-15-9-8-13(18)11-14(15)20-17(21)16(19)12-6-4-3-5-7-12/h3-9,11,16H,2,10,19H2,1H3. The molecule has 0 aliphatic heterocycles. The molecule has 108 valence electrons. The third-order valence-corrected chi connectivity index (χ3v) is 4.12. The van der Waals surface area contributed by atoms with E-state index in [4.69, 9.17) is 10.7 Å². The summed E-state index contributed by atoms with van der Waals surface area (Å²) in [5, 5.41) is 0. The summed E-state index contributed by atoms with van der Waals surface area (Å²) < 4.78 is 3.27. The molecule has 3 aromatic rings. The smallest absolute Gasteiger partial charge is 0.131 e. The molecule has 1 aromatic heterocycles. The zero-order valence-corrected chi connectivity index (χ0v) is 13.5. The molecule has 2 aromatic carbocycles. The molecule has 0 radical (unpaired) electrons. The molecule has 0 spiro atoms. The highest BCUT2D eigenvalue weighted by molar-refractivity contribution is 9.10. The van der Waals surface area contributed by atoms with Crippen LogP contribution >= 0.6 is 15.9 Å². The molecule has 1 atom stereocenters. The second-order valence-electron chi connectivity index (χ2n) is 5.14. The third-order valence-electron chi connectivity index (χ3n) is 3.62. The molecule has 2 N–H and O–H groups in total. The Morgan fingerprint density at radius 1 is 1.19 bits per heavy atom. The van der Waals surface area contributed by atoms with E-state index in [1.807, 2.05) is 30.3 Å². The van der Waals surface area contributed by atoms with Crippen molar-refractivity contribution in [1.29, 1.82) is 0 Å². The number of halogens is 1. The summed E-state index contributed by atoms with van der Waals surface area (Å²) in [7, 11) is 0. The van der Waals surface area contributed by atoms with Gasteiger partial charge in [0.15, 0.2) is 0 Å². The van der Waals surface area contributed by atoms with Crippen LogP contribution in [0.25, 0.3) is 11.0 Å². The molecule has 1 unspecified atom stereocenters. The van der Waals surface area contributed by atoms with Crippen LogP contribution in [0.5, 0.6) is 0 Å². The lowest BCUT2D eigenvalue weighted by Gasteiger charge is -2.14. The first-order valence-electron chi connectivity index (χ1n) is 7.17. The van der Waals surface area contributed by atoms with Crippen LogP contribution < -0.4 is 5.73 Å². The van der Waals surface area contributed by atoms with E-state index in [1.165, 1.54) is 0 Å².